The fraction of sp³-hybridized carbons (Fsp3) is 0.214. The molecule has 1 N–H and O–H groups in total. The van der Waals surface area contributed by atoms with Gasteiger partial charge in [-0.2, -0.15) is 0 Å². The third kappa shape index (κ3) is 2.85. The first-order chi connectivity index (χ1) is 9.95. The molecule has 0 saturated heterocycles. The Balaban J connectivity index is 1.79. The van der Waals surface area contributed by atoms with Gasteiger partial charge in [-0.25, -0.2) is 18.1 Å². The zero-order chi connectivity index (χ0) is 15.0. The summed E-state index contributed by atoms with van der Waals surface area (Å²) in [5.74, 6) is 0. The Morgan fingerprint density at radius 1 is 1.29 bits per heavy atom. The van der Waals surface area contributed by atoms with Crippen LogP contribution in [0, 0.1) is 6.92 Å². The first-order valence-corrected chi connectivity index (χ1v) is 8.72. The Morgan fingerprint density at radius 3 is 2.81 bits per heavy atom. The van der Waals surface area contributed by atoms with E-state index in [0.29, 0.717) is 4.21 Å². The molecule has 3 rings (SSSR count). The molecule has 0 amide bonds. The van der Waals surface area contributed by atoms with E-state index in [2.05, 4.69) is 9.71 Å². The van der Waals surface area contributed by atoms with Crippen molar-refractivity contribution in [2.45, 2.75) is 17.7 Å². The van der Waals surface area contributed by atoms with Crippen molar-refractivity contribution >= 4 is 32.4 Å². The van der Waals surface area contributed by atoms with Gasteiger partial charge in [-0.05, 0) is 36.8 Å². The molecule has 0 aliphatic carbocycles. The van der Waals surface area contributed by atoms with Crippen LogP contribution in [0.2, 0.25) is 0 Å². The Morgan fingerprint density at radius 2 is 2.10 bits per heavy atom. The van der Waals surface area contributed by atoms with Gasteiger partial charge in [0.05, 0.1) is 17.4 Å². The van der Waals surface area contributed by atoms with Crippen molar-refractivity contribution in [3.05, 3.63) is 47.1 Å². The first kappa shape index (κ1) is 14.2. The zero-order valence-electron chi connectivity index (χ0n) is 11.7. The number of hydrogen-bond acceptors (Lipinski definition) is 4. The van der Waals surface area contributed by atoms with Crippen molar-refractivity contribution in [3.63, 3.8) is 0 Å². The van der Waals surface area contributed by atoms with Crippen molar-refractivity contribution in [1.82, 2.24) is 14.3 Å². The topological polar surface area (TPSA) is 64.0 Å². The molecule has 7 heteroatoms. The summed E-state index contributed by atoms with van der Waals surface area (Å²) in [7, 11) is -1.52. The lowest BCUT2D eigenvalue weighted by molar-refractivity contribution is 0.583. The van der Waals surface area contributed by atoms with Crippen LogP contribution in [0.3, 0.4) is 0 Å². The van der Waals surface area contributed by atoms with Crippen LogP contribution < -0.4 is 4.72 Å². The van der Waals surface area contributed by atoms with Gasteiger partial charge in [0.25, 0.3) is 0 Å². The molecule has 2 heterocycles. The number of rotatable bonds is 4. The van der Waals surface area contributed by atoms with Gasteiger partial charge >= 0.3 is 0 Å². The number of nitrogens with one attached hydrogen (secondary N) is 1. The normalized spacial score (nSPS) is 12.1. The molecule has 5 nitrogen and oxygen atoms in total. The summed E-state index contributed by atoms with van der Waals surface area (Å²) in [4.78, 5) is 5.25. The highest BCUT2D eigenvalue weighted by molar-refractivity contribution is 7.91. The van der Waals surface area contributed by atoms with Gasteiger partial charge in [-0.15, -0.1) is 11.3 Å². The lowest BCUT2D eigenvalue weighted by Crippen LogP contribution is -2.22. The predicted octanol–water partition coefficient (Wildman–Crippen LogP) is 2.42. The third-order valence-electron chi connectivity index (χ3n) is 3.24. The highest BCUT2D eigenvalue weighted by atomic mass is 32.2. The van der Waals surface area contributed by atoms with Gasteiger partial charge in [0.2, 0.25) is 10.0 Å². The molecule has 0 spiro atoms. The van der Waals surface area contributed by atoms with Gasteiger partial charge in [-0.3, -0.25) is 0 Å². The number of hydrogen-bond donors (Lipinski definition) is 1. The van der Waals surface area contributed by atoms with Gasteiger partial charge in [-0.1, -0.05) is 6.07 Å². The molecule has 110 valence electrons. The molecule has 1 aromatic carbocycles. The second-order valence-corrected chi connectivity index (χ2v) is 8.15. The SMILES string of the molecule is Cc1ccc(S(=O)(=O)NCc2ccc3c(c2)ncn3C)s1. The van der Waals surface area contributed by atoms with E-state index in [1.165, 1.54) is 11.3 Å². The molecule has 0 unspecified atom stereocenters. The molecule has 0 saturated carbocycles. The highest BCUT2D eigenvalue weighted by Crippen LogP contribution is 2.21. The fourth-order valence-corrected chi connectivity index (χ4v) is 4.44. The van der Waals surface area contributed by atoms with Crippen molar-refractivity contribution in [1.29, 1.82) is 0 Å². The van der Waals surface area contributed by atoms with Crippen LogP contribution >= 0.6 is 11.3 Å². The van der Waals surface area contributed by atoms with E-state index in [-0.39, 0.29) is 6.54 Å². The molecule has 2 aromatic heterocycles. The Hall–Kier alpha value is -1.70. The summed E-state index contributed by atoms with van der Waals surface area (Å²) >= 11 is 1.27. The maximum Gasteiger partial charge on any atom is 0.250 e. The molecule has 0 bridgehead atoms. The zero-order valence-corrected chi connectivity index (χ0v) is 13.3. The molecular formula is C14H15N3O2S2. The number of benzene rings is 1. The van der Waals surface area contributed by atoms with Crippen LogP contribution in [0.1, 0.15) is 10.4 Å². The standard InChI is InChI=1S/C14H15N3O2S2/c1-10-3-6-14(20-10)21(18,19)16-8-11-4-5-13-12(7-11)15-9-17(13)2/h3-7,9,16H,8H2,1-2H3. The van der Waals surface area contributed by atoms with Gasteiger partial charge < -0.3 is 4.57 Å². The summed E-state index contributed by atoms with van der Waals surface area (Å²) < 4.78 is 29.2. The van der Waals surface area contributed by atoms with E-state index in [4.69, 9.17) is 0 Å². The second kappa shape index (κ2) is 5.25. The first-order valence-electron chi connectivity index (χ1n) is 6.42. The Labute approximate surface area is 127 Å². The number of aromatic nitrogens is 2. The van der Waals surface area contributed by atoms with E-state index in [9.17, 15) is 8.42 Å². The van der Waals surface area contributed by atoms with Gasteiger partial charge in [0.15, 0.2) is 0 Å². The van der Waals surface area contributed by atoms with E-state index < -0.39 is 10.0 Å². The number of sulfonamides is 1. The van der Waals surface area contributed by atoms with E-state index in [1.807, 2.05) is 36.7 Å². The highest BCUT2D eigenvalue weighted by Gasteiger charge is 2.15. The van der Waals surface area contributed by atoms with Crippen molar-refractivity contribution in [2.75, 3.05) is 0 Å². The summed E-state index contributed by atoms with van der Waals surface area (Å²) in [6, 6.07) is 9.19. The number of aryl methyl sites for hydroxylation is 2. The van der Waals surface area contributed by atoms with Gasteiger partial charge in [0, 0.05) is 18.5 Å². The smallest absolute Gasteiger partial charge is 0.250 e. The Kier molecular flexibility index (Phi) is 3.56. The van der Waals surface area contributed by atoms with E-state index in [1.54, 1.807) is 18.5 Å². The summed E-state index contributed by atoms with van der Waals surface area (Å²) in [6.07, 6.45) is 1.74. The maximum absolute atomic E-state index is 12.2. The summed E-state index contributed by atoms with van der Waals surface area (Å²) in [5, 5.41) is 0. The molecule has 0 radical (unpaired) electrons. The van der Waals surface area contributed by atoms with Crippen LogP contribution in [0.25, 0.3) is 11.0 Å². The van der Waals surface area contributed by atoms with Crippen LogP contribution in [0.4, 0.5) is 0 Å². The number of thiophene rings is 1. The molecule has 21 heavy (non-hydrogen) atoms. The van der Waals surface area contributed by atoms with Crippen LogP contribution in [-0.4, -0.2) is 18.0 Å². The van der Waals surface area contributed by atoms with E-state index in [0.717, 1.165) is 21.5 Å². The minimum atomic E-state index is -3.44. The monoisotopic (exact) mass is 321 g/mol. The van der Waals surface area contributed by atoms with E-state index >= 15 is 0 Å². The third-order valence-corrected chi connectivity index (χ3v) is 6.13. The average Bonchev–Trinajstić information content (AvgIpc) is 3.04. The quantitative estimate of drug-likeness (QED) is 0.802. The van der Waals surface area contributed by atoms with Crippen LogP contribution in [0.5, 0.6) is 0 Å². The molecule has 0 aliphatic heterocycles. The summed E-state index contributed by atoms with van der Waals surface area (Å²) in [5.41, 5.74) is 2.77. The molecule has 3 aromatic rings. The second-order valence-electron chi connectivity index (χ2n) is 4.87. The Bertz CT molecular complexity index is 894. The van der Waals surface area contributed by atoms with Crippen molar-refractivity contribution in [2.24, 2.45) is 7.05 Å². The minimum Gasteiger partial charge on any atom is -0.334 e. The van der Waals surface area contributed by atoms with Crippen molar-refractivity contribution < 1.29 is 8.42 Å². The van der Waals surface area contributed by atoms with Crippen molar-refractivity contribution in [3.8, 4) is 0 Å². The van der Waals surface area contributed by atoms with Crippen LogP contribution in [-0.2, 0) is 23.6 Å². The van der Waals surface area contributed by atoms with Gasteiger partial charge in [0.1, 0.15) is 4.21 Å². The lowest BCUT2D eigenvalue weighted by atomic mass is 10.2. The minimum absolute atomic E-state index is 0.256. The number of imidazole rings is 1. The maximum atomic E-state index is 12.2. The number of fused-ring (bicyclic) bond motifs is 1. The largest absolute Gasteiger partial charge is 0.334 e. The average molecular weight is 321 g/mol. The molecule has 0 fully saturated rings. The molecular weight excluding hydrogens is 306 g/mol. The lowest BCUT2D eigenvalue weighted by Gasteiger charge is -2.05. The summed E-state index contributed by atoms with van der Waals surface area (Å²) in [6.45, 7) is 2.14. The fourth-order valence-electron chi connectivity index (χ4n) is 2.10. The predicted molar refractivity (Wildman–Crippen MR) is 83.8 cm³/mol. The molecule has 0 aliphatic rings. The van der Waals surface area contributed by atoms with Crippen LogP contribution in [0.15, 0.2) is 40.9 Å². The molecule has 0 atom stereocenters. The number of nitrogens with zero attached hydrogens (tertiary/aromatic N) is 2.